The van der Waals surface area contributed by atoms with Crippen LogP contribution in [0.1, 0.15) is 25.2 Å². The molecule has 5 rings (SSSR count). The van der Waals surface area contributed by atoms with Crippen LogP contribution in [0.3, 0.4) is 0 Å². The van der Waals surface area contributed by atoms with Crippen LogP contribution in [-0.2, 0) is 17.5 Å². The number of morpholine rings is 1. The molecule has 0 spiro atoms. The van der Waals surface area contributed by atoms with Crippen LogP contribution >= 0.6 is 0 Å². The van der Waals surface area contributed by atoms with Gasteiger partial charge < -0.3 is 19.0 Å². The number of ether oxygens (including phenoxy) is 2. The fourth-order valence-electron chi connectivity index (χ4n) is 4.82. The van der Waals surface area contributed by atoms with Gasteiger partial charge >= 0.3 is 6.18 Å². The minimum absolute atomic E-state index is 0.0529. The highest BCUT2D eigenvalue weighted by molar-refractivity contribution is 5.83. The molecule has 6 nitrogen and oxygen atoms in total. The smallest absolute Gasteiger partial charge is 0.453 e. The van der Waals surface area contributed by atoms with Crippen LogP contribution in [0.15, 0.2) is 75.9 Å². The Balaban J connectivity index is 1.55. The third-order valence-electron chi connectivity index (χ3n) is 6.41. The molecule has 1 aliphatic rings. The lowest BCUT2D eigenvalue weighted by Gasteiger charge is -2.35. The number of fused-ring (bicyclic) bond motifs is 1. The lowest BCUT2D eigenvalue weighted by Crippen LogP contribution is -2.44. The normalized spacial score (nSPS) is 18.6. The molecule has 2 atom stereocenters. The van der Waals surface area contributed by atoms with E-state index in [0.717, 1.165) is 11.1 Å². The molecule has 198 valence electrons. The molecule has 1 saturated heterocycles. The second-order valence-electron chi connectivity index (χ2n) is 9.47. The van der Waals surface area contributed by atoms with Crippen molar-refractivity contribution >= 4 is 11.0 Å². The summed E-state index contributed by atoms with van der Waals surface area (Å²) in [4.78, 5) is 15.3. The van der Waals surface area contributed by atoms with Gasteiger partial charge in [0.05, 0.1) is 23.2 Å². The molecule has 0 bridgehead atoms. The monoisotopic (exact) mass is 525 g/mol. The van der Waals surface area contributed by atoms with E-state index in [0.29, 0.717) is 13.1 Å². The minimum atomic E-state index is -5.02. The van der Waals surface area contributed by atoms with E-state index >= 15 is 0 Å². The molecule has 9 heteroatoms. The molecule has 4 aromatic rings. The van der Waals surface area contributed by atoms with E-state index in [1.165, 1.54) is 24.3 Å². The van der Waals surface area contributed by atoms with E-state index in [2.05, 4.69) is 0 Å². The van der Waals surface area contributed by atoms with Crippen LogP contribution < -0.4 is 10.2 Å². The van der Waals surface area contributed by atoms with Gasteiger partial charge in [-0.1, -0.05) is 42.5 Å². The number of rotatable bonds is 5. The van der Waals surface area contributed by atoms with Crippen molar-refractivity contribution in [2.75, 3.05) is 13.1 Å². The Morgan fingerprint density at radius 2 is 1.58 bits per heavy atom. The van der Waals surface area contributed by atoms with Crippen molar-refractivity contribution in [2.24, 2.45) is 0 Å². The largest absolute Gasteiger partial charge is 0.507 e. The number of hydrogen-bond acceptors (Lipinski definition) is 6. The maximum absolute atomic E-state index is 14.1. The fraction of sp³-hybridized carbons (Fsp3) is 0.276. The van der Waals surface area contributed by atoms with E-state index in [9.17, 15) is 23.1 Å². The lowest BCUT2D eigenvalue weighted by atomic mass is 10.1. The Bertz CT molecular complexity index is 1490. The van der Waals surface area contributed by atoms with Crippen LogP contribution in [0.2, 0.25) is 0 Å². The highest BCUT2D eigenvalue weighted by atomic mass is 19.4. The van der Waals surface area contributed by atoms with Crippen molar-refractivity contribution in [3.05, 3.63) is 88.3 Å². The average Bonchev–Trinajstić information content (AvgIpc) is 2.87. The first-order valence-corrected chi connectivity index (χ1v) is 12.2. The second-order valence-corrected chi connectivity index (χ2v) is 9.47. The highest BCUT2D eigenvalue weighted by Crippen LogP contribution is 2.40. The molecular formula is C29H26F3NO5. The maximum atomic E-state index is 14.1. The molecular weight excluding hydrogens is 499 g/mol. The van der Waals surface area contributed by atoms with Gasteiger partial charge in [0.2, 0.25) is 11.2 Å². The Kier molecular flexibility index (Phi) is 6.90. The number of halogens is 3. The quantitative estimate of drug-likeness (QED) is 0.317. The number of phenols is 1. The van der Waals surface area contributed by atoms with Crippen molar-refractivity contribution in [1.29, 1.82) is 0 Å². The third kappa shape index (κ3) is 5.25. The number of benzene rings is 3. The summed E-state index contributed by atoms with van der Waals surface area (Å²) in [6.45, 7) is 4.89. The first-order valence-electron chi connectivity index (χ1n) is 12.2. The summed E-state index contributed by atoms with van der Waals surface area (Å²) in [5.41, 5.74) is 0.574. The van der Waals surface area contributed by atoms with E-state index in [-0.39, 0.29) is 46.8 Å². The Hall–Kier alpha value is -3.82. The van der Waals surface area contributed by atoms with Gasteiger partial charge in [0, 0.05) is 19.6 Å². The van der Waals surface area contributed by atoms with Gasteiger partial charge in [-0.3, -0.25) is 9.69 Å². The molecule has 0 unspecified atom stereocenters. The summed E-state index contributed by atoms with van der Waals surface area (Å²) >= 11 is 0. The van der Waals surface area contributed by atoms with Gasteiger partial charge in [-0.25, -0.2) is 0 Å². The number of aromatic hydroxyl groups is 1. The van der Waals surface area contributed by atoms with Gasteiger partial charge in [0.1, 0.15) is 17.1 Å². The zero-order valence-corrected chi connectivity index (χ0v) is 20.8. The summed E-state index contributed by atoms with van der Waals surface area (Å²) in [6.07, 6.45) is -5.21. The molecule has 38 heavy (non-hydrogen) atoms. The number of hydrogen-bond donors (Lipinski definition) is 1. The fourth-order valence-corrected chi connectivity index (χ4v) is 4.82. The van der Waals surface area contributed by atoms with Crippen molar-refractivity contribution < 1.29 is 32.2 Å². The predicted molar refractivity (Wildman–Crippen MR) is 136 cm³/mol. The summed E-state index contributed by atoms with van der Waals surface area (Å²) in [5.74, 6) is -2.72. The third-order valence-corrected chi connectivity index (χ3v) is 6.41. The average molecular weight is 526 g/mol. The molecule has 1 aromatic heterocycles. The van der Waals surface area contributed by atoms with Crippen molar-refractivity contribution in [1.82, 2.24) is 4.90 Å². The first kappa shape index (κ1) is 25.8. The zero-order chi connectivity index (χ0) is 27.0. The van der Waals surface area contributed by atoms with Crippen LogP contribution in [0, 0.1) is 0 Å². The van der Waals surface area contributed by atoms with Crippen molar-refractivity contribution in [2.45, 2.75) is 38.8 Å². The van der Waals surface area contributed by atoms with E-state index in [1.54, 1.807) is 12.1 Å². The number of alkyl halides is 3. The summed E-state index contributed by atoms with van der Waals surface area (Å²) in [6, 6.07) is 18.4. The van der Waals surface area contributed by atoms with Crippen LogP contribution in [0.5, 0.6) is 17.2 Å². The SMILES string of the molecule is C[C@@H]1CN(Cc2c(O)ccc3c(=O)c(Oc4ccc(-c5ccccc5)cc4)c(C(F)(F)F)oc23)C[C@@H](C)O1. The molecule has 1 fully saturated rings. The summed E-state index contributed by atoms with van der Waals surface area (Å²) < 4.78 is 59.0. The molecule has 2 heterocycles. The molecule has 3 aromatic carbocycles. The molecule has 0 radical (unpaired) electrons. The molecule has 0 aliphatic carbocycles. The van der Waals surface area contributed by atoms with Crippen LogP contribution in [-0.4, -0.2) is 35.3 Å². The number of nitrogens with zero attached hydrogens (tertiary/aromatic N) is 1. The van der Waals surface area contributed by atoms with E-state index < -0.39 is 23.1 Å². The van der Waals surface area contributed by atoms with Gasteiger partial charge in [0.15, 0.2) is 0 Å². The van der Waals surface area contributed by atoms with Crippen LogP contribution in [0.4, 0.5) is 13.2 Å². The standard InChI is InChI=1S/C29H26F3NO5/c1-17-14-33(15-18(2)36-17)16-23-24(34)13-12-22-25(35)27(28(29(30,31)32)38-26(22)23)37-21-10-8-20(9-11-21)19-6-4-3-5-7-19/h3-13,17-18,34H,14-16H2,1-2H3/t17-,18-/m1/s1. The Labute approximate surface area is 216 Å². The van der Waals surface area contributed by atoms with Gasteiger partial charge in [-0.05, 0) is 49.2 Å². The van der Waals surface area contributed by atoms with Crippen molar-refractivity contribution in [3.63, 3.8) is 0 Å². The zero-order valence-electron chi connectivity index (χ0n) is 20.8. The Morgan fingerprint density at radius 1 is 0.947 bits per heavy atom. The summed E-state index contributed by atoms with van der Waals surface area (Å²) in [7, 11) is 0. The molecule has 0 saturated carbocycles. The minimum Gasteiger partial charge on any atom is -0.507 e. The van der Waals surface area contributed by atoms with Gasteiger partial charge in [-0.15, -0.1) is 0 Å². The van der Waals surface area contributed by atoms with Gasteiger partial charge in [-0.2, -0.15) is 13.2 Å². The van der Waals surface area contributed by atoms with Crippen LogP contribution in [0.25, 0.3) is 22.1 Å². The van der Waals surface area contributed by atoms with Gasteiger partial charge in [0.25, 0.3) is 5.76 Å². The van der Waals surface area contributed by atoms with E-state index in [1.807, 2.05) is 49.1 Å². The maximum Gasteiger partial charge on any atom is 0.453 e. The highest BCUT2D eigenvalue weighted by Gasteiger charge is 2.41. The topological polar surface area (TPSA) is 72.1 Å². The number of phenolic OH excluding ortho intramolecular Hbond substituents is 1. The van der Waals surface area contributed by atoms with Crippen molar-refractivity contribution in [3.8, 4) is 28.4 Å². The second kappa shape index (κ2) is 10.2. The van der Waals surface area contributed by atoms with E-state index in [4.69, 9.17) is 13.9 Å². The lowest BCUT2D eigenvalue weighted by molar-refractivity contribution is -0.154. The predicted octanol–water partition coefficient (Wildman–Crippen LogP) is 6.59. The Morgan fingerprint density at radius 3 is 2.21 bits per heavy atom. The summed E-state index contributed by atoms with van der Waals surface area (Å²) in [5, 5.41) is 10.4. The first-order chi connectivity index (χ1) is 18.1. The molecule has 0 amide bonds. The molecule has 1 aliphatic heterocycles. The molecule has 1 N–H and O–H groups in total.